The van der Waals surface area contributed by atoms with Crippen LogP contribution in [0.25, 0.3) is 5.65 Å². The van der Waals surface area contributed by atoms with Gasteiger partial charge >= 0.3 is 0 Å². The zero-order valence-corrected chi connectivity index (χ0v) is 11.8. The molecule has 3 aromatic heterocycles. The van der Waals surface area contributed by atoms with E-state index in [9.17, 15) is 4.79 Å². The van der Waals surface area contributed by atoms with Gasteiger partial charge < -0.3 is 9.73 Å². The van der Waals surface area contributed by atoms with Crippen molar-refractivity contribution in [2.24, 2.45) is 0 Å². The van der Waals surface area contributed by atoms with Gasteiger partial charge in [0.2, 0.25) is 0 Å². The van der Waals surface area contributed by atoms with E-state index in [-0.39, 0.29) is 11.6 Å². The van der Waals surface area contributed by atoms with Gasteiger partial charge in [-0.2, -0.15) is 0 Å². The molecule has 108 valence electrons. The second-order valence-corrected chi connectivity index (χ2v) is 5.08. The average Bonchev–Trinajstić information content (AvgIpc) is 2.98. The molecule has 0 aromatic carbocycles. The Morgan fingerprint density at radius 2 is 2.24 bits per heavy atom. The summed E-state index contributed by atoms with van der Waals surface area (Å²) in [6.07, 6.45) is 4.20. The van der Waals surface area contributed by atoms with Crippen LogP contribution in [0, 0.1) is 0 Å². The number of hydrogen-bond donors (Lipinski definition) is 1. The summed E-state index contributed by atoms with van der Waals surface area (Å²) < 4.78 is 6.86. The quantitative estimate of drug-likeness (QED) is 0.778. The van der Waals surface area contributed by atoms with E-state index in [2.05, 4.69) is 17.2 Å². The van der Waals surface area contributed by atoms with Gasteiger partial charge in [0.1, 0.15) is 11.4 Å². The summed E-state index contributed by atoms with van der Waals surface area (Å²) in [6.45, 7) is 2.64. The SMILES string of the molecule is CC(Cc1ccco1)NCc1cc(=O)n2ccccc2n1. The van der Waals surface area contributed by atoms with Crippen molar-refractivity contribution < 1.29 is 4.42 Å². The van der Waals surface area contributed by atoms with Gasteiger partial charge in [0.25, 0.3) is 5.56 Å². The second-order valence-electron chi connectivity index (χ2n) is 5.08. The van der Waals surface area contributed by atoms with Crippen LogP contribution in [0.5, 0.6) is 0 Å². The molecule has 0 saturated carbocycles. The highest BCUT2D eigenvalue weighted by Crippen LogP contribution is 2.05. The molecule has 3 aromatic rings. The van der Waals surface area contributed by atoms with Gasteiger partial charge in [-0.15, -0.1) is 0 Å². The first-order chi connectivity index (χ1) is 10.2. The van der Waals surface area contributed by atoms with Crippen LogP contribution in [0.4, 0.5) is 0 Å². The molecule has 0 aliphatic carbocycles. The monoisotopic (exact) mass is 283 g/mol. The Morgan fingerprint density at radius 3 is 3.05 bits per heavy atom. The predicted octanol–water partition coefficient (Wildman–Crippen LogP) is 2.01. The molecule has 3 heterocycles. The molecule has 1 atom stereocenters. The molecule has 5 heteroatoms. The predicted molar refractivity (Wildman–Crippen MR) is 80.2 cm³/mol. The minimum Gasteiger partial charge on any atom is -0.469 e. The summed E-state index contributed by atoms with van der Waals surface area (Å²) in [6, 6.07) is 11.2. The van der Waals surface area contributed by atoms with Crippen molar-refractivity contribution in [1.82, 2.24) is 14.7 Å². The summed E-state index contributed by atoms with van der Waals surface area (Å²) in [5, 5.41) is 3.36. The number of aromatic nitrogens is 2. The third-order valence-corrected chi connectivity index (χ3v) is 3.34. The minimum atomic E-state index is -0.0592. The normalized spacial score (nSPS) is 12.6. The number of nitrogens with one attached hydrogen (secondary N) is 1. The number of fused-ring (bicyclic) bond motifs is 1. The van der Waals surface area contributed by atoms with E-state index in [1.807, 2.05) is 30.3 Å². The van der Waals surface area contributed by atoms with Crippen molar-refractivity contribution in [3.05, 3.63) is 70.7 Å². The van der Waals surface area contributed by atoms with Gasteiger partial charge in [-0.1, -0.05) is 6.07 Å². The Bertz CT molecular complexity index is 778. The molecule has 0 radical (unpaired) electrons. The molecular weight excluding hydrogens is 266 g/mol. The summed E-state index contributed by atoms with van der Waals surface area (Å²) in [5.74, 6) is 0.946. The molecule has 0 amide bonds. The van der Waals surface area contributed by atoms with Gasteiger partial charge in [-0.05, 0) is 31.2 Å². The lowest BCUT2D eigenvalue weighted by atomic mass is 10.2. The van der Waals surface area contributed by atoms with Gasteiger partial charge in [0.05, 0.1) is 12.0 Å². The minimum absolute atomic E-state index is 0.0592. The Labute approximate surface area is 122 Å². The van der Waals surface area contributed by atoms with Crippen LogP contribution in [0.2, 0.25) is 0 Å². The summed E-state index contributed by atoms with van der Waals surface area (Å²) >= 11 is 0. The molecule has 0 fully saturated rings. The summed E-state index contributed by atoms with van der Waals surface area (Å²) in [5.41, 5.74) is 1.36. The van der Waals surface area contributed by atoms with Crippen LogP contribution in [0.15, 0.2) is 58.1 Å². The number of pyridine rings is 1. The number of hydrogen-bond acceptors (Lipinski definition) is 4. The van der Waals surface area contributed by atoms with Gasteiger partial charge in [-0.25, -0.2) is 4.98 Å². The van der Waals surface area contributed by atoms with Gasteiger partial charge in [0.15, 0.2) is 0 Å². The molecule has 0 saturated heterocycles. The van der Waals surface area contributed by atoms with Crippen LogP contribution in [-0.4, -0.2) is 15.4 Å². The fourth-order valence-electron chi connectivity index (χ4n) is 2.28. The first-order valence-electron chi connectivity index (χ1n) is 6.95. The average molecular weight is 283 g/mol. The maximum absolute atomic E-state index is 12.0. The topological polar surface area (TPSA) is 59.5 Å². The summed E-state index contributed by atoms with van der Waals surface area (Å²) in [7, 11) is 0. The molecule has 21 heavy (non-hydrogen) atoms. The van der Waals surface area contributed by atoms with E-state index in [0.29, 0.717) is 12.2 Å². The Kier molecular flexibility index (Phi) is 3.83. The molecule has 0 aliphatic heterocycles. The van der Waals surface area contributed by atoms with Crippen molar-refractivity contribution in [2.75, 3.05) is 0 Å². The Balaban J connectivity index is 1.69. The number of nitrogens with zero attached hydrogens (tertiary/aromatic N) is 2. The highest BCUT2D eigenvalue weighted by Gasteiger charge is 2.07. The van der Waals surface area contributed by atoms with Crippen LogP contribution >= 0.6 is 0 Å². The number of rotatable bonds is 5. The highest BCUT2D eigenvalue weighted by atomic mass is 16.3. The molecule has 0 bridgehead atoms. The van der Waals surface area contributed by atoms with Crippen molar-refractivity contribution in [3.8, 4) is 0 Å². The zero-order chi connectivity index (χ0) is 14.7. The van der Waals surface area contributed by atoms with E-state index >= 15 is 0 Å². The summed E-state index contributed by atoms with van der Waals surface area (Å²) in [4.78, 5) is 16.5. The molecule has 1 N–H and O–H groups in total. The third kappa shape index (κ3) is 3.20. The molecular formula is C16H17N3O2. The lowest BCUT2D eigenvalue weighted by Gasteiger charge is -2.12. The standard InChI is InChI=1S/C16H17N3O2/c1-12(9-14-5-4-8-21-14)17-11-13-10-16(20)19-7-3-2-6-15(19)18-13/h2-8,10,12,17H,9,11H2,1H3. The van der Waals surface area contributed by atoms with Crippen molar-refractivity contribution >= 4 is 5.65 Å². The number of furan rings is 1. The van der Waals surface area contributed by atoms with Crippen LogP contribution in [0.1, 0.15) is 18.4 Å². The molecule has 3 rings (SSSR count). The lowest BCUT2D eigenvalue weighted by molar-refractivity contribution is 0.455. The maximum Gasteiger partial charge on any atom is 0.258 e. The Morgan fingerprint density at radius 1 is 1.33 bits per heavy atom. The first kappa shape index (κ1) is 13.6. The first-order valence-corrected chi connectivity index (χ1v) is 6.95. The molecule has 0 spiro atoms. The second kappa shape index (κ2) is 5.93. The van der Waals surface area contributed by atoms with E-state index in [4.69, 9.17) is 4.42 Å². The van der Waals surface area contributed by atoms with E-state index in [1.54, 1.807) is 18.5 Å². The molecule has 0 aliphatic rings. The van der Waals surface area contributed by atoms with Gasteiger partial charge in [-0.3, -0.25) is 9.20 Å². The fraction of sp³-hybridized carbons (Fsp3) is 0.250. The van der Waals surface area contributed by atoms with Crippen LogP contribution < -0.4 is 10.9 Å². The van der Waals surface area contributed by atoms with Crippen molar-refractivity contribution in [2.45, 2.75) is 25.9 Å². The smallest absolute Gasteiger partial charge is 0.258 e. The maximum atomic E-state index is 12.0. The Hall–Kier alpha value is -2.40. The van der Waals surface area contributed by atoms with E-state index in [0.717, 1.165) is 17.9 Å². The third-order valence-electron chi connectivity index (χ3n) is 3.34. The molecule has 5 nitrogen and oxygen atoms in total. The van der Waals surface area contributed by atoms with E-state index < -0.39 is 0 Å². The van der Waals surface area contributed by atoms with Crippen molar-refractivity contribution in [1.29, 1.82) is 0 Å². The lowest BCUT2D eigenvalue weighted by Crippen LogP contribution is -2.28. The van der Waals surface area contributed by atoms with E-state index in [1.165, 1.54) is 4.40 Å². The fourth-order valence-corrected chi connectivity index (χ4v) is 2.28. The highest BCUT2D eigenvalue weighted by molar-refractivity contribution is 5.37. The zero-order valence-electron chi connectivity index (χ0n) is 11.8. The molecule has 1 unspecified atom stereocenters. The van der Waals surface area contributed by atoms with Crippen molar-refractivity contribution in [3.63, 3.8) is 0 Å². The van der Waals surface area contributed by atoms with Crippen LogP contribution in [-0.2, 0) is 13.0 Å². The van der Waals surface area contributed by atoms with Crippen LogP contribution in [0.3, 0.4) is 0 Å². The van der Waals surface area contributed by atoms with Gasteiger partial charge in [0, 0.05) is 31.3 Å². The largest absolute Gasteiger partial charge is 0.469 e.